The van der Waals surface area contributed by atoms with Crippen LogP contribution in [0.5, 0.6) is 11.5 Å². The van der Waals surface area contributed by atoms with Gasteiger partial charge in [0.1, 0.15) is 29.8 Å². The maximum atomic E-state index is 12.7. The van der Waals surface area contributed by atoms with Crippen molar-refractivity contribution in [3.8, 4) is 11.5 Å². The zero-order valence-electron chi connectivity index (χ0n) is 21.7. The standard InChI is InChI=1S/C29H34N4O4S/c1-2-3-4-5-9-12-26-32-33-27(30)25(28(34)31-29(33)38-26)21-22-13-15-24(16-14-22)37-20-18-35-17-19-36-23-10-7-6-8-11-23/h6-8,10-11,13-16,21,30H,2-5,9,12,17-20H2,1H3/b25-21-,30-27?. The molecule has 200 valence electrons. The first-order chi connectivity index (χ1) is 18.6. The predicted molar refractivity (Wildman–Crippen MR) is 153 cm³/mol. The highest BCUT2D eigenvalue weighted by molar-refractivity contribution is 8.26. The van der Waals surface area contributed by atoms with E-state index in [2.05, 4.69) is 17.0 Å². The van der Waals surface area contributed by atoms with Crippen LogP contribution in [0.15, 0.2) is 70.3 Å². The van der Waals surface area contributed by atoms with Gasteiger partial charge in [0, 0.05) is 0 Å². The molecule has 2 aromatic carbocycles. The SMILES string of the molecule is CCCCCCCC1=NN2C(=N)/C(=C/c3ccc(OCCOCCOc4ccccc4)cc3)C(=O)N=C2S1. The van der Waals surface area contributed by atoms with E-state index in [-0.39, 0.29) is 11.4 Å². The number of unbranched alkanes of at least 4 members (excludes halogenated alkanes) is 4. The molecule has 9 heteroatoms. The summed E-state index contributed by atoms with van der Waals surface area (Å²) in [5.74, 6) is 1.17. The highest BCUT2D eigenvalue weighted by Gasteiger charge is 2.35. The van der Waals surface area contributed by atoms with Crippen LogP contribution in [0.3, 0.4) is 0 Å². The van der Waals surface area contributed by atoms with Gasteiger partial charge in [0.25, 0.3) is 5.91 Å². The second-order valence-electron chi connectivity index (χ2n) is 8.87. The zero-order chi connectivity index (χ0) is 26.6. The number of nitrogens with zero attached hydrogens (tertiary/aromatic N) is 3. The fourth-order valence-electron chi connectivity index (χ4n) is 3.90. The third-order valence-corrected chi connectivity index (χ3v) is 6.89. The monoisotopic (exact) mass is 534 g/mol. The number of ether oxygens (including phenoxy) is 3. The fraction of sp³-hybridized carbons (Fsp3) is 0.379. The first-order valence-corrected chi connectivity index (χ1v) is 13.9. The number of fused-ring (bicyclic) bond motifs is 1. The van der Waals surface area contributed by atoms with E-state index in [4.69, 9.17) is 19.6 Å². The summed E-state index contributed by atoms with van der Waals surface area (Å²) in [6.07, 6.45) is 8.43. The fourth-order valence-corrected chi connectivity index (χ4v) is 4.82. The van der Waals surface area contributed by atoms with Crippen LogP contribution in [0.2, 0.25) is 0 Å². The molecule has 0 radical (unpaired) electrons. The highest BCUT2D eigenvalue weighted by atomic mass is 32.2. The number of hydrazone groups is 1. The molecule has 0 fully saturated rings. The van der Waals surface area contributed by atoms with Crippen molar-refractivity contribution in [3.63, 3.8) is 0 Å². The van der Waals surface area contributed by atoms with Crippen LogP contribution in [-0.4, -0.2) is 53.4 Å². The third-order valence-electron chi connectivity index (χ3n) is 5.92. The van der Waals surface area contributed by atoms with Gasteiger partial charge in [0.05, 0.1) is 18.8 Å². The number of amidine groups is 2. The lowest BCUT2D eigenvalue weighted by Gasteiger charge is -2.20. The molecule has 0 aromatic heterocycles. The normalized spacial score (nSPS) is 15.9. The Kier molecular flexibility index (Phi) is 10.5. The number of carbonyl (C=O) groups is 1. The van der Waals surface area contributed by atoms with E-state index in [0.717, 1.165) is 35.6 Å². The summed E-state index contributed by atoms with van der Waals surface area (Å²) < 4.78 is 16.9. The molecule has 2 heterocycles. The quantitative estimate of drug-likeness (QED) is 0.218. The molecule has 1 amide bonds. The van der Waals surface area contributed by atoms with Gasteiger partial charge in [0.15, 0.2) is 5.84 Å². The topological polar surface area (TPSA) is 96.6 Å². The molecule has 0 atom stereocenters. The lowest BCUT2D eigenvalue weighted by atomic mass is 10.1. The first-order valence-electron chi connectivity index (χ1n) is 13.1. The molecular formula is C29H34N4O4S. The number of hydrogen-bond donors (Lipinski definition) is 1. The van der Waals surface area contributed by atoms with Crippen molar-refractivity contribution in [1.82, 2.24) is 5.01 Å². The number of carbonyl (C=O) groups excluding carboxylic acids is 1. The average molecular weight is 535 g/mol. The Balaban J connectivity index is 1.21. The number of aliphatic imine (C=N–C) groups is 1. The molecule has 38 heavy (non-hydrogen) atoms. The number of benzene rings is 2. The van der Waals surface area contributed by atoms with Crippen molar-refractivity contribution in [1.29, 1.82) is 5.41 Å². The molecular weight excluding hydrogens is 500 g/mol. The van der Waals surface area contributed by atoms with Gasteiger partial charge < -0.3 is 14.2 Å². The minimum absolute atomic E-state index is 0.0576. The summed E-state index contributed by atoms with van der Waals surface area (Å²) in [6.45, 7) is 4.03. The third kappa shape index (κ3) is 8.03. The van der Waals surface area contributed by atoms with E-state index >= 15 is 0 Å². The van der Waals surface area contributed by atoms with Gasteiger partial charge in [0.2, 0.25) is 5.17 Å². The molecule has 0 unspecified atom stereocenters. The summed E-state index contributed by atoms with van der Waals surface area (Å²) in [5, 5.41) is 16.0. The molecule has 1 N–H and O–H groups in total. The number of hydrogen-bond acceptors (Lipinski definition) is 7. The van der Waals surface area contributed by atoms with Crippen molar-refractivity contribution in [2.24, 2.45) is 10.1 Å². The summed E-state index contributed by atoms with van der Waals surface area (Å²) >= 11 is 1.39. The van der Waals surface area contributed by atoms with Gasteiger partial charge in [-0.25, -0.2) is 0 Å². The van der Waals surface area contributed by atoms with Gasteiger partial charge in [-0.2, -0.15) is 15.1 Å². The van der Waals surface area contributed by atoms with Crippen LogP contribution in [0.4, 0.5) is 0 Å². The van der Waals surface area contributed by atoms with Gasteiger partial charge in [-0.3, -0.25) is 10.2 Å². The second kappa shape index (κ2) is 14.5. The number of amides is 1. The van der Waals surface area contributed by atoms with Gasteiger partial charge in [-0.15, -0.1) is 0 Å². The second-order valence-corrected chi connectivity index (χ2v) is 9.91. The Bertz CT molecular complexity index is 1180. The summed E-state index contributed by atoms with van der Waals surface area (Å²) in [4.78, 5) is 16.8. The first kappa shape index (κ1) is 27.6. The van der Waals surface area contributed by atoms with Crippen molar-refractivity contribution >= 4 is 39.8 Å². The van der Waals surface area contributed by atoms with Crippen LogP contribution in [0.25, 0.3) is 6.08 Å². The molecule has 0 bridgehead atoms. The Morgan fingerprint density at radius 1 is 0.895 bits per heavy atom. The maximum Gasteiger partial charge on any atom is 0.283 e. The Hall–Kier alpha value is -3.43. The molecule has 2 aliphatic heterocycles. The van der Waals surface area contributed by atoms with E-state index < -0.39 is 5.91 Å². The van der Waals surface area contributed by atoms with Gasteiger partial charge in [-0.05, 0) is 60.5 Å². The highest BCUT2D eigenvalue weighted by Crippen LogP contribution is 2.30. The van der Waals surface area contributed by atoms with Crippen molar-refractivity contribution in [3.05, 3.63) is 65.7 Å². The van der Waals surface area contributed by atoms with Gasteiger partial charge in [-0.1, -0.05) is 62.9 Å². The summed E-state index contributed by atoms with van der Waals surface area (Å²) in [5.41, 5.74) is 1.01. The predicted octanol–water partition coefficient (Wildman–Crippen LogP) is 6.14. The molecule has 0 spiro atoms. The molecule has 2 aromatic rings. The molecule has 4 rings (SSSR count). The summed E-state index contributed by atoms with van der Waals surface area (Å²) in [6, 6.07) is 17.0. The molecule has 0 saturated carbocycles. The molecule has 0 saturated heterocycles. The number of rotatable bonds is 15. The van der Waals surface area contributed by atoms with Crippen LogP contribution in [0.1, 0.15) is 51.0 Å². The van der Waals surface area contributed by atoms with Gasteiger partial charge >= 0.3 is 0 Å². The minimum Gasteiger partial charge on any atom is -0.491 e. The molecule has 8 nitrogen and oxygen atoms in total. The van der Waals surface area contributed by atoms with Crippen LogP contribution in [0, 0.1) is 5.41 Å². The Morgan fingerprint density at radius 3 is 2.29 bits per heavy atom. The van der Waals surface area contributed by atoms with Crippen LogP contribution >= 0.6 is 11.8 Å². The van der Waals surface area contributed by atoms with Crippen LogP contribution < -0.4 is 9.47 Å². The number of para-hydroxylation sites is 1. The molecule has 2 aliphatic rings. The average Bonchev–Trinajstić information content (AvgIpc) is 3.34. The number of nitrogens with one attached hydrogen (secondary N) is 1. The number of thioether (sulfide) groups is 1. The van der Waals surface area contributed by atoms with E-state index in [1.165, 1.54) is 36.0 Å². The van der Waals surface area contributed by atoms with E-state index in [1.54, 1.807) is 6.08 Å². The maximum absolute atomic E-state index is 12.7. The largest absolute Gasteiger partial charge is 0.491 e. The Morgan fingerprint density at radius 2 is 1.58 bits per heavy atom. The van der Waals surface area contributed by atoms with Crippen molar-refractivity contribution in [2.75, 3.05) is 26.4 Å². The van der Waals surface area contributed by atoms with Crippen LogP contribution in [-0.2, 0) is 9.53 Å². The minimum atomic E-state index is -0.415. The van der Waals surface area contributed by atoms with E-state index in [0.29, 0.717) is 37.3 Å². The summed E-state index contributed by atoms with van der Waals surface area (Å²) in [7, 11) is 0. The Labute approximate surface area is 228 Å². The lowest BCUT2D eigenvalue weighted by molar-refractivity contribution is -0.114. The molecule has 0 aliphatic carbocycles. The van der Waals surface area contributed by atoms with E-state index in [1.807, 2.05) is 54.6 Å². The van der Waals surface area contributed by atoms with Crippen molar-refractivity contribution < 1.29 is 19.0 Å². The van der Waals surface area contributed by atoms with Crippen molar-refractivity contribution in [2.45, 2.75) is 45.4 Å². The smallest absolute Gasteiger partial charge is 0.283 e. The zero-order valence-corrected chi connectivity index (χ0v) is 22.5. The van der Waals surface area contributed by atoms with E-state index in [9.17, 15) is 4.79 Å². The lowest BCUT2D eigenvalue weighted by Crippen LogP contribution is -2.35.